The molecule has 13 heavy (non-hydrogen) atoms. The Bertz CT molecular complexity index is 174. The first-order valence-corrected chi connectivity index (χ1v) is 3.58. The summed E-state index contributed by atoms with van der Waals surface area (Å²) in [6.45, 7) is 0.650. The highest BCUT2D eigenvalue weighted by atomic mass is 16.5. The molecule has 76 valence electrons. The lowest BCUT2D eigenvalue weighted by atomic mass is 10.5. The third-order valence-corrected chi connectivity index (χ3v) is 1.01. The third-order valence-electron chi connectivity index (χ3n) is 1.01. The van der Waals surface area contributed by atoms with Crippen molar-refractivity contribution in [2.45, 2.75) is 6.42 Å². The standard InChI is InChI=1S/C5H13N5O3/c6-4(11)10-8-2-1-3-13-5(12)9-7/h8H,1-3,7H2,(H,9,12)(H3,6,10,11). The van der Waals surface area contributed by atoms with E-state index in [4.69, 9.17) is 11.6 Å². The van der Waals surface area contributed by atoms with Crippen LogP contribution >= 0.6 is 0 Å². The van der Waals surface area contributed by atoms with Crippen molar-refractivity contribution in [2.24, 2.45) is 11.6 Å². The zero-order valence-electron chi connectivity index (χ0n) is 7.00. The van der Waals surface area contributed by atoms with Crippen molar-refractivity contribution < 1.29 is 14.3 Å². The summed E-state index contributed by atoms with van der Waals surface area (Å²) in [5.41, 5.74) is 11.2. The van der Waals surface area contributed by atoms with Crippen LogP contribution in [0.15, 0.2) is 0 Å². The van der Waals surface area contributed by atoms with Crippen LogP contribution < -0.4 is 27.9 Å². The van der Waals surface area contributed by atoms with Crippen LogP contribution in [-0.2, 0) is 4.74 Å². The van der Waals surface area contributed by atoms with Crippen molar-refractivity contribution in [3.05, 3.63) is 0 Å². The lowest BCUT2D eigenvalue weighted by Crippen LogP contribution is -2.41. The monoisotopic (exact) mass is 191 g/mol. The summed E-state index contributed by atoms with van der Waals surface area (Å²) in [4.78, 5) is 20.5. The van der Waals surface area contributed by atoms with E-state index in [9.17, 15) is 9.59 Å². The van der Waals surface area contributed by atoms with Crippen LogP contribution in [0, 0.1) is 0 Å². The fourth-order valence-electron chi connectivity index (χ4n) is 0.517. The normalized spacial score (nSPS) is 9.00. The molecule has 0 saturated carbocycles. The number of urea groups is 1. The van der Waals surface area contributed by atoms with E-state index in [1.54, 1.807) is 5.43 Å². The molecule has 7 N–H and O–H groups in total. The van der Waals surface area contributed by atoms with Crippen LogP contribution in [0.5, 0.6) is 0 Å². The van der Waals surface area contributed by atoms with Crippen molar-refractivity contribution >= 4 is 12.1 Å². The lowest BCUT2D eigenvalue weighted by Gasteiger charge is -2.04. The van der Waals surface area contributed by atoms with E-state index in [1.165, 1.54) is 0 Å². The molecule has 0 fully saturated rings. The number of hydrogen-bond acceptors (Lipinski definition) is 5. The molecule has 0 aliphatic rings. The van der Waals surface area contributed by atoms with Crippen molar-refractivity contribution in [3.63, 3.8) is 0 Å². The van der Waals surface area contributed by atoms with Gasteiger partial charge >= 0.3 is 12.1 Å². The minimum absolute atomic E-state index is 0.205. The van der Waals surface area contributed by atoms with Crippen molar-refractivity contribution in [1.29, 1.82) is 0 Å². The highest BCUT2D eigenvalue weighted by Crippen LogP contribution is 1.80. The van der Waals surface area contributed by atoms with Crippen LogP contribution in [0.3, 0.4) is 0 Å². The van der Waals surface area contributed by atoms with Crippen LogP contribution in [-0.4, -0.2) is 25.3 Å². The molecule has 0 aromatic heterocycles. The molecule has 0 spiro atoms. The first-order chi connectivity index (χ1) is 6.16. The Morgan fingerprint density at radius 1 is 1.38 bits per heavy atom. The lowest BCUT2D eigenvalue weighted by molar-refractivity contribution is 0.144. The molecule has 8 heteroatoms. The maximum atomic E-state index is 10.4. The summed E-state index contributed by atoms with van der Waals surface area (Å²) >= 11 is 0. The molecule has 0 atom stereocenters. The molecule has 0 aliphatic heterocycles. The molecule has 3 amide bonds. The van der Waals surface area contributed by atoms with Gasteiger partial charge in [-0.25, -0.2) is 20.9 Å². The zero-order valence-corrected chi connectivity index (χ0v) is 7.00. The number of rotatable bonds is 5. The summed E-state index contributed by atoms with van der Waals surface area (Å²) in [6.07, 6.45) is -0.156. The summed E-state index contributed by atoms with van der Waals surface area (Å²) in [6, 6.07) is -0.666. The van der Waals surface area contributed by atoms with Crippen LogP contribution in [0.1, 0.15) is 6.42 Å². The van der Waals surface area contributed by atoms with E-state index in [0.717, 1.165) is 0 Å². The summed E-state index contributed by atoms with van der Waals surface area (Å²) < 4.78 is 4.54. The predicted molar refractivity (Wildman–Crippen MR) is 44.0 cm³/mol. The summed E-state index contributed by atoms with van der Waals surface area (Å²) in [5.74, 6) is 4.74. The number of nitrogens with two attached hydrogens (primary N) is 2. The molecule has 0 saturated heterocycles. The quantitative estimate of drug-likeness (QED) is 0.151. The Morgan fingerprint density at radius 3 is 2.62 bits per heavy atom. The fourth-order valence-corrected chi connectivity index (χ4v) is 0.517. The van der Waals surface area contributed by atoms with Crippen molar-refractivity contribution in [2.75, 3.05) is 13.2 Å². The first-order valence-electron chi connectivity index (χ1n) is 3.58. The topological polar surface area (TPSA) is 132 Å². The van der Waals surface area contributed by atoms with Crippen molar-refractivity contribution in [1.82, 2.24) is 16.3 Å². The van der Waals surface area contributed by atoms with E-state index in [0.29, 0.717) is 13.0 Å². The third kappa shape index (κ3) is 8.37. The second-order valence-corrected chi connectivity index (χ2v) is 2.05. The van der Waals surface area contributed by atoms with E-state index < -0.39 is 12.1 Å². The summed E-state index contributed by atoms with van der Waals surface area (Å²) in [5, 5.41) is 0. The molecular weight excluding hydrogens is 178 g/mol. The largest absolute Gasteiger partial charge is 0.449 e. The SMILES string of the molecule is NNC(=O)OCCCNNC(N)=O. The number of carbonyl (C=O) groups is 2. The minimum atomic E-state index is -0.692. The number of hydrogen-bond donors (Lipinski definition) is 5. The van der Waals surface area contributed by atoms with Gasteiger partial charge in [0.1, 0.15) is 0 Å². The van der Waals surface area contributed by atoms with Gasteiger partial charge in [-0.15, -0.1) is 0 Å². The minimum Gasteiger partial charge on any atom is -0.449 e. The molecule has 0 bridgehead atoms. The zero-order chi connectivity index (χ0) is 10.1. The van der Waals surface area contributed by atoms with Crippen LogP contribution in [0.25, 0.3) is 0 Å². The van der Waals surface area contributed by atoms with Gasteiger partial charge in [-0.05, 0) is 6.42 Å². The van der Waals surface area contributed by atoms with Crippen LogP contribution in [0.2, 0.25) is 0 Å². The Labute approximate surface area is 74.9 Å². The molecule has 0 aromatic carbocycles. The predicted octanol–water partition coefficient (Wildman–Crippen LogP) is -1.85. The molecule has 0 rings (SSSR count). The van der Waals surface area contributed by atoms with Gasteiger partial charge in [0, 0.05) is 6.54 Å². The maximum Gasteiger partial charge on any atom is 0.421 e. The second kappa shape index (κ2) is 7.13. The Balaban J connectivity index is 3.08. The number of carbonyl (C=O) groups excluding carboxylic acids is 2. The molecule has 8 nitrogen and oxygen atoms in total. The van der Waals surface area contributed by atoms with Crippen LogP contribution in [0.4, 0.5) is 9.59 Å². The smallest absolute Gasteiger partial charge is 0.421 e. The molecule has 0 radical (unpaired) electrons. The number of ether oxygens (including phenoxy) is 1. The Morgan fingerprint density at radius 2 is 2.08 bits per heavy atom. The molecular formula is C5H13N5O3. The Hall–Kier alpha value is -1.54. The maximum absolute atomic E-state index is 10.4. The van der Waals surface area contributed by atoms with Gasteiger partial charge in [0.25, 0.3) is 0 Å². The van der Waals surface area contributed by atoms with Gasteiger partial charge < -0.3 is 10.5 Å². The number of nitrogens with one attached hydrogen (secondary N) is 3. The first kappa shape index (κ1) is 11.5. The van der Waals surface area contributed by atoms with Gasteiger partial charge in [-0.3, -0.25) is 10.9 Å². The second-order valence-electron chi connectivity index (χ2n) is 2.05. The molecule has 0 aliphatic carbocycles. The molecule has 0 aromatic rings. The van der Waals surface area contributed by atoms with Gasteiger partial charge in [0.2, 0.25) is 0 Å². The van der Waals surface area contributed by atoms with Gasteiger partial charge in [0.15, 0.2) is 0 Å². The van der Waals surface area contributed by atoms with E-state index in [2.05, 4.69) is 15.6 Å². The van der Waals surface area contributed by atoms with Gasteiger partial charge in [0.05, 0.1) is 6.61 Å². The average Bonchev–Trinajstić information content (AvgIpc) is 2.10. The van der Waals surface area contributed by atoms with E-state index >= 15 is 0 Å². The Kier molecular flexibility index (Phi) is 6.28. The number of primary amides is 1. The average molecular weight is 191 g/mol. The van der Waals surface area contributed by atoms with E-state index in [-0.39, 0.29) is 6.61 Å². The highest BCUT2D eigenvalue weighted by Gasteiger charge is 1.96. The highest BCUT2D eigenvalue weighted by molar-refractivity contribution is 5.70. The molecule has 0 unspecified atom stereocenters. The summed E-state index contributed by atoms with van der Waals surface area (Å²) in [7, 11) is 0. The van der Waals surface area contributed by atoms with Gasteiger partial charge in [-0.2, -0.15) is 0 Å². The van der Waals surface area contributed by atoms with Crippen molar-refractivity contribution in [3.8, 4) is 0 Å². The fraction of sp³-hybridized carbons (Fsp3) is 0.600. The van der Waals surface area contributed by atoms with E-state index in [1.807, 2.05) is 0 Å². The molecule has 0 heterocycles. The van der Waals surface area contributed by atoms with Gasteiger partial charge in [-0.1, -0.05) is 0 Å². The number of amides is 3. The number of hydrazine groups is 2.